The van der Waals surface area contributed by atoms with Gasteiger partial charge in [0.1, 0.15) is 23.4 Å². The van der Waals surface area contributed by atoms with Gasteiger partial charge in [0.25, 0.3) is 11.8 Å². The highest BCUT2D eigenvalue weighted by Gasteiger charge is 2.26. The molecule has 0 aliphatic carbocycles. The van der Waals surface area contributed by atoms with Gasteiger partial charge in [-0.05, 0) is 43.2 Å². The maximum atomic E-state index is 13.0. The lowest BCUT2D eigenvalue weighted by Crippen LogP contribution is -2.44. The van der Waals surface area contributed by atoms with E-state index in [0.717, 1.165) is 12.8 Å². The molecule has 3 rings (SSSR count). The van der Waals surface area contributed by atoms with Crippen LogP contribution in [0.25, 0.3) is 0 Å². The molecule has 0 bridgehead atoms. The Labute approximate surface area is 144 Å². The van der Waals surface area contributed by atoms with Gasteiger partial charge in [-0.3, -0.25) is 14.6 Å². The fourth-order valence-electron chi connectivity index (χ4n) is 2.81. The number of piperidine rings is 1. The Hall–Kier alpha value is -2.96. The first-order chi connectivity index (χ1) is 12.0. The third-order valence-electron chi connectivity index (χ3n) is 4.04. The number of likely N-dealkylation sites (tertiary alicyclic amines) is 1. The third kappa shape index (κ3) is 4.12. The topological polar surface area (TPSA) is 85.5 Å². The molecule has 1 atom stereocenters. The molecule has 1 aromatic carbocycles. The summed E-state index contributed by atoms with van der Waals surface area (Å²) in [6.45, 7) is 1.05. The highest BCUT2D eigenvalue weighted by molar-refractivity contribution is 5.94. The molecule has 0 saturated carbocycles. The predicted octanol–water partition coefficient (Wildman–Crippen LogP) is 2.00. The number of carbonyl (C=O) groups is 2. The summed E-state index contributed by atoms with van der Waals surface area (Å²) in [7, 11) is 0. The van der Waals surface area contributed by atoms with Crippen molar-refractivity contribution in [2.45, 2.75) is 18.9 Å². The molecule has 1 saturated heterocycles. The number of rotatable bonds is 4. The zero-order chi connectivity index (χ0) is 17.8. The number of benzene rings is 1. The van der Waals surface area contributed by atoms with Crippen LogP contribution in [0.1, 0.15) is 33.7 Å². The van der Waals surface area contributed by atoms with Crippen LogP contribution in [0.5, 0.6) is 5.75 Å². The van der Waals surface area contributed by atoms with Crippen LogP contribution in [0.15, 0.2) is 42.6 Å². The zero-order valence-electron chi connectivity index (χ0n) is 13.5. The molecule has 1 aliphatic rings. The van der Waals surface area contributed by atoms with E-state index in [9.17, 15) is 14.0 Å². The van der Waals surface area contributed by atoms with Crippen molar-refractivity contribution < 1.29 is 18.7 Å². The van der Waals surface area contributed by atoms with Crippen LogP contribution >= 0.6 is 0 Å². The summed E-state index contributed by atoms with van der Waals surface area (Å²) in [6, 6.07) is 8.63. The summed E-state index contributed by atoms with van der Waals surface area (Å²) < 4.78 is 18.9. The number of nitrogens with zero attached hydrogens (tertiary/aromatic N) is 2. The van der Waals surface area contributed by atoms with E-state index in [1.807, 2.05) is 0 Å². The Balaban J connectivity index is 1.66. The number of amides is 2. The molecular formula is C18H18FN3O3. The molecule has 6 nitrogen and oxygen atoms in total. The second kappa shape index (κ2) is 7.29. The van der Waals surface area contributed by atoms with Crippen LogP contribution in [-0.2, 0) is 0 Å². The van der Waals surface area contributed by atoms with E-state index in [4.69, 9.17) is 10.5 Å². The van der Waals surface area contributed by atoms with Gasteiger partial charge in [0, 0.05) is 24.4 Å². The molecule has 25 heavy (non-hydrogen) atoms. The number of pyridine rings is 1. The van der Waals surface area contributed by atoms with Crippen molar-refractivity contribution in [3.8, 4) is 5.75 Å². The van der Waals surface area contributed by atoms with E-state index in [-0.39, 0.29) is 23.5 Å². The first kappa shape index (κ1) is 16.9. The van der Waals surface area contributed by atoms with Gasteiger partial charge in [0.15, 0.2) is 0 Å². The number of primary amides is 1. The maximum Gasteiger partial charge on any atom is 0.267 e. The normalized spacial score (nSPS) is 17.2. The van der Waals surface area contributed by atoms with E-state index < -0.39 is 5.91 Å². The summed E-state index contributed by atoms with van der Waals surface area (Å²) in [4.78, 5) is 29.3. The first-order valence-electron chi connectivity index (χ1n) is 8.00. The quantitative estimate of drug-likeness (QED) is 0.920. The van der Waals surface area contributed by atoms with Crippen LogP contribution in [0.3, 0.4) is 0 Å². The molecular weight excluding hydrogens is 325 g/mol. The van der Waals surface area contributed by atoms with Crippen molar-refractivity contribution in [3.05, 3.63) is 59.7 Å². The van der Waals surface area contributed by atoms with Gasteiger partial charge in [0.05, 0.1) is 6.54 Å². The van der Waals surface area contributed by atoms with Gasteiger partial charge in [-0.1, -0.05) is 0 Å². The fraction of sp³-hybridized carbons (Fsp3) is 0.278. The molecule has 1 aromatic heterocycles. The van der Waals surface area contributed by atoms with Crippen molar-refractivity contribution in [2.75, 3.05) is 13.1 Å². The van der Waals surface area contributed by atoms with Gasteiger partial charge in [-0.25, -0.2) is 4.39 Å². The molecule has 0 spiro atoms. The van der Waals surface area contributed by atoms with E-state index in [2.05, 4.69) is 4.98 Å². The summed E-state index contributed by atoms with van der Waals surface area (Å²) >= 11 is 0. The lowest BCUT2D eigenvalue weighted by Gasteiger charge is -2.33. The summed E-state index contributed by atoms with van der Waals surface area (Å²) in [6.07, 6.45) is 2.85. The third-order valence-corrected chi connectivity index (χ3v) is 4.04. The van der Waals surface area contributed by atoms with Gasteiger partial charge in [0.2, 0.25) is 0 Å². The molecule has 130 valence electrons. The molecule has 2 N–H and O–H groups in total. The van der Waals surface area contributed by atoms with Crippen LogP contribution < -0.4 is 10.5 Å². The summed E-state index contributed by atoms with van der Waals surface area (Å²) in [5, 5.41) is 0. The predicted molar refractivity (Wildman–Crippen MR) is 88.7 cm³/mol. The Morgan fingerprint density at radius 1 is 1.24 bits per heavy atom. The Kier molecular flexibility index (Phi) is 4.92. The summed E-state index contributed by atoms with van der Waals surface area (Å²) in [5.74, 6) is -0.660. The Bertz CT molecular complexity index is 779. The average molecular weight is 343 g/mol. The average Bonchev–Trinajstić information content (AvgIpc) is 2.62. The number of nitrogens with two attached hydrogens (primary N) is 1. The number of halogens is 1. The highest BCUT2D eigenvalue weighted by Crippen LogP contribution is 2.20. The van der Waals surface area contributed by atoms with Gasteiger partial charge in [-0.2, -0.15) is 0 Å². The highest BCUT2D eigenvalue weighted by atomic mass is 19.1. The molecule has 2 amide bonds. The van der Waals surface area contributed by atoms with Crippen LogP contribution in [0, 0.1) is 5.82 Å². The number of hydrogen-bond acceptors (Lipinski definition) is 4. The van der Waals surface area contributed by atoms with Crippen LogP contribution in [0.2, 0.25) is 0 Å². The number of hydrogen-bond donors (Lipinski definition) is 1. The number of ether oxygens (including phenoxy) is 1. The zero-order valence-corrected chi connectivity index (χ0v) is 13.5. The minimum Gasteiger partial charge on any atom is -0.488 e. The smallest absolute Gasteiger partial charge is 0.267 e. The van der Waals surface area contributed by atoms with Crippen LogP contribution in [-0.4, -0.2) is 40.9 Å². The van der Waals surface area contributed by atoms with Crippen LogP contribution in [0.4, 0.5) is 4.39 Å². The lowest BCUT2D eigenvalue weighted by atomic mass is 10.1. The van der Waals surface area contributed by atoms with E-state index >= 15 is 0 Å². The van der Waals surface area contributed by atoms with Crippen molar-refractivity contribution in [2.24, 2.45) is 5.73 Å². The molecule has 2 heterocycles. The molecule has 1 fully saturated rings. The Morgan fingerprint density at radius 3 is 2.72 bits per heavy atom. The lowest BCUT2D eigenvalue weighted by molar-refractivity contribution is 0.0537. The monoisotopic (exact) mass is 343 g/mol. The van der Waals surface area contributed by atoms with Gasteiger partial charge in [-0.15, -0.1) is 0 Å². The van der Waals surface area contributed by atoms with E-state index in [1.54, 1.807) is 11.0 Å². The Morgan fingerprint density at radius 2 is 2.00 bits per heavy atom. The van der Waals surface area contributed by atoms with E-state index in [0.29, 0.717) is 24.4 Å². The molecule has 0 radical (unpaired) electrons. The maximum absolute atomic E-state index is 13.0. The number of aromatic nitrogens is 1. The number of carbonyl (C=O) groups excluding carboxylic acids is 2. The van der Waals surface area contributed by atoms with E-state index in [1.165, 1.54) is 36.5 Å². The van der Waals surface area contributed by atoms with Crippen molar-refractivity contribution in [3.63, 3.8) is 0 Å². The van der Waals surface area contributed by atoms with Crippen molar-refractivity contribution in [1.29, 1.82) is 0 Å². The minimum absolute atomic E-state index is 0.132. The van der Waals surface area contributed by atoms with Gasteiger partial charge < -0.3 is 15.4 Å². The molecule has 2 aromatic rings. The molecule has 7 heteroatoms. The van der Waals surface area contributed by atoms with Crippen molar-refractivity contribution in [1.82, 2.24) is 9.88 Å². The molecule has 1 unspecified atom stereocenters. The fourth-order valence-corrected chi connectivity index (χ4v) is 2.81. The second-order valence-electron chi connectivity index (χ2n) is 5.88. The second-order valence-corrected chi connectivity index (χ2v) is 5.88. The van der Waals surface area contributed by atoms with Crippen molar-refractivity contribution >= 4 is 11.8 Å². The van der Waals surface area contributed by atoms with Gasteiger partial charge >= 0.3 is 0 Å². The summed E-state index contributed by atoms with van der Waals surface area (Å²) in [5.41, 5.74) is 5.79. The molecule has 1 aliphatic heterocycles. The first-order valence-corrected chi connectivity index (χ1v) is 8.00. The minimum atomic E-state index is -0.623. The largest absolute Gasteiger partial charge is 0.488 e. The standard InChI is InChI=1S/C18H18FN3O3/c19-13-5-3-12(4-6-13)18(24)22-9-1-2-15(11-22)25-14-7-8-21-16(10-14)17(20)23/h3-8,10,15H,1-2,9,11H2,(H2,20,23). The SMILES string of the molecule is NC(=O)c1cc(OC2CCCN(C(=O)c3ccc(F)cc3)C2)ccn1.